The monoisotopic (exact) mass is 182 g/mol. The molecule has 0 saturated carbocycles. The Morgan fingerprint density at radius 3 is 2.00 bits per heavy atom. The lowest BCUT2D eigenvalue weighted by Crippen LogP contribution is -2.05. The van der Waals surface area contributed by atoms with E-state index in [0.29, 0.717) is 0 Å². The van der Waals surface area contributed by atoms with Crippen molar-refractivity contribution < 1.29 is 4.92 Å². The Morgan fingerprint density at radius 2 is 2.00 bits per heavy atom. The zero-order chi connectivity index (χ0) is 8.31. The summed E-state index contributed by atoms with van der Waals surface area (Å²) < 4.78 is 0. The van der Waals surface area contributed by atoms with Crippen LogP contribution in [0.4, 0.5) is 0 Å². The third-order valence-electron chi connectivity index (χ3n) is 0.717. The molecular weight excluding hydrogens is 179 g/mol. The van der Waals surface area contributed by atoms with Crippen LogP contribution in [0.3, 0.4) is 0 Å². The summed E-state index contributed by atoms with van der Waals surface area (Å²) in [7, 11) is 0. The molecule has 10 heavy (non-hydrogen) atoms. The van der Waals surface area contributed by atoms with Crippen molar-refractivity contribution in [2.45, 2.75) is 6.92 Å². The zero-order valence-corrected chi connectivity index (χ0v) is 6.53. The maximum atomic E-state index is 10.0. The predicted molar refractivity (Wildman–Crippen MR) is 39.1 cm³/mol. The van der Waals surface area contributed by atoms with Gasteiger partial charge in [0.1, 0.15) is 0 Å². The van der Waals surface area contributed by atoms with E-state index in [2.05, 4.69) is 0 Å². The van der Waals surface area contributed by atoms with Gasteiger partial charge in [-0.3, -0.25) is 15.5 Å². The van der Waals surface area contributed by atoms with E-state index in [-0.39, 0.29) is 5.03 Å². The molecule has 4 nitrogen and oxygen atoms in total. The van der Waals surface area contributed by atoms with E-state index >= 15 is 0 Å². The molecule has 56 valence electrons. The van der Waals surface area contributed by atoms with Crippen LogP contribution >= 0.6 is 23.2 Å². The lowest BCUT2D eigenvalue weighted by molar-refractivity contribution is -0.415. The Balaban J connectivity index is 4.79. The number of nitro groups is 1. The SMILES string of the molecule is C/C(Cl)=C(\C(=N)Cl)[N+](=O)[O-]. The molecule has 0 atom stereocenters. The van der Waals surface area contributed by atoms with E-state index in [1.807, 2.05) is 0 Å². The molecule has 0 radical (unpaired) electrons. The second kappa shape index (κ2) is 3.53. The van der Waals surface area contributed by atoms with Crippen molar-refractivity contribution >= 4 is 28.4 Å². The Kier molecular flexibility index (Phi) is 3.32. The van der Waals surface area contributed by atoms with Gasteiger partial charge in [-0.25, -0.2) is 0 Å². The fourth-order valence-corrected chi connectivity index (χ4v) is 0.780. The van der Waals surface area contributed by atoms with Crippen molar-refractivity contribution in [3.8, 4) is 0 Å². The first-order chi connectivity index (χ1) is 4.46. The number of hydrogen-bond donors (Lipinski definition) is 1. The Bertz CT molecular complexity index is 191. The third-order valence-corrected chi connectivity index (χ3v) is 1.07. The van der Waals surface area contributed by atoms with Gasteiger partial charge >= 0.3 is 5.70 Å². The summed E-state index contributed by atoms with van der Waals surface area (Å²) >= 11 is 10.3. The summed E-state index contributed by atoms with van der Waals surface area (Å²) in [5.74, 6) is 0. The van der Waals surface area contributed by atoms with Crippen LogP contribution in [-0.4, -0.2) is 10.1 Å². The largest absolute Gasteiger partial charge is 0.319 e. The van der Waals surface area contributed by atoms with Gasteiger partial charge < -0.3 is 0 Å². The number of hydrogen-bond acceptors (Lipinski definition) is 3. The zero-order valence-electron chi connectivity index (χ0n) is 5.02. The van der Waals surface area contributed by atoms with Crippen LogP contribution in [-0.2, 0) is 0 Å². The van der Waals surface area contributed by atoms with Gasteiger partial charge in [0.05, 0.1) is 9.96 Å². The van der Waals surface area contributed by atoms with Crippen molar-refractivity contribution in [3.63, 3.8) is 0 Å². The molecular formula is C4H4Cl2N2O2. The molecule has 1 N–H and O–H groups in total. The summed E-state index contributed by atoms with van der Waals surface area (Å²) in [6.45, 7) is 1.30. The maximum Gasteiger partial charge on any atom is 0.319 e. The summed E-state index contributed by atoms with van der Waals surface area (Å²) in [6.07, 6.45) is 0. The van der Waals surface area contributed by atoms with Crippen LogP contribution in [0.5, 0.6) is 0 Å². The molecule has 6 heteroatoms. The lowest BCUT2D eigenvalue weighted by atomic mass is 10.4. The molecule has 0 aliphatic rings. The Labute approximate surface area is 67.1 Å². The highest BCUT2D eigenvalue weighted by molar-refractivity contribution is 6.68. The first-order valence-electron chi connectivity index (χ1n) is 2.22. The van der Waals surface area contributed by atoms with E-state index in [9.17, 15) is 10.1 Å². The van der Waals surface area contributed by atoms with E-state index < -0.39 is 15.8 Å². The van der Waals surface area contributed by atoms with Crippen molar-refractivity contribution in [1.29, 1.82) is 5.41 Å². The average Bonchev–Trinajstić information content (AvgIpc) is 1.59. The highest BCUT2D eigenvalue weighted by Gasteiger charge is 2.18. The summed E-state index contributed by atoms with van der Waals surface area (Å²) in [5.41, 5.74) is -0.552. The molecule has 0 aliphatic carbocycles. The summed E-state index contributed by atoms with van der Waals surface area (Å²) in [4.78, 5) is 9.23. The number of rotatable bonds is 2. The molecule has 0 aromatic rings. The molecule has 0 aromatic carbocycles. The molecule has 0 heterocycles. The van der Waals surface area contributed by atoms with Crippen molar-refractivity contribution in [1.82, 2.24) is 0 Å². The number of nitrogens with zero attached hydrogens (tertiary/aromatic N) is 1. The normalized spacial score (nSPS) is 12.3. The van der Waals surface area contributed by atoms with Gasteiger partial charge in [0.2, 0.25) is 5.17 Å². The minimum Gasteiger partial charge on any atom is -0.283 e. The second-order valence-electron chi connectivity index (χ2n) is 1.45. The van der Waals surface area contributed by atoms with Crippen molar-refractivity contribution in [3.05, 3.63) is 20.8 Å². The predicted octanol–water partition coefficient (Wildman–Crippen LogP) is 1.95. The highest BCUT2D eigenvalue weighted by atomic mass is 35.5. The molecule has 0 bridgehead atoms. The van der Waals surface area contributed by atoms with Crippen LogP contribution < -0.4 is 0 Å². The van der Waals surface area contributed by atoms with Crippen LogP contribution in [0, 0.1) is 15.5 Å². The molecule has 0 spiro atoms. The smallest absolute Gasteiger partial charge is 0.283 e. The Hall–Kier alpha value is -0.610. The van der Waals surface area contributed by atoms with Gasteiger partial charge in [0.25, 0.3) is 0 Å². The van der Waals surface area contributed by atoms with E-state index in [1.165, 1.54) is 6.92 Å². The first kappa shape index (κ1) is 9.39. The van der Waals surface area contributed by atoms with Crippen LogP contribution in [0.15, 0.2) is 10.7 Å². The number of halogens is 2. The maximum absolute atomic E-state index is 10.0. The van der Waals surface area contributed by atoms with Crippen LogP contribution in [0.2, 0.25) is 0 Å². The number of allylic oxidation sites excluding steroid dienone is 2. The standard InChI is InChI=1S/C4H4Cl2N2O2/c1-2(5)3(4(6)7)8(9)10/h7H,1H3/b3-2-,7-4?. The van der Waals surface area contributed by atoms with Crippen molar-refractivity contribution in [2.24, 2.45) is 0 Å². The van der Waals surface area contributed by atoms with E-state index in [0.717, 1.165) is 0 Å². The first-order valence-corrected chi connectivity index (χ1v) is 2.97. The van der Waals surface area contributed by atoms with Crippen LogP contribution in [0.1, 0.15) is 6.92 Å². The highest BCUT2D eigenvalue weighted by Crippen LogP contribution is 2.11. The fourth-order valence-electron chi connectivity index (χ4n) is 0.357. The molecule has 0 aromatic heterocycles. The van der Waals surface area contributed by atoms with Crippen molar-refractivity contribution in [2.75, 3.05) is 0 Å². The molecule has 0 fully saturated rings. The summed E-state index contributed by atoms with van der Waals surface area (Å²) in [6, 6.07) is 0. The third kappa shape index (κ3) is 2.33. The minimum atomic E-state index is -0.794. The average molecular weight is 183 g/mol. The van der Waals surface area contributed by atoms with Gasteiger partial charge in [0, 0.05) is 0 Å². The molecule has 0 rings (SSSR count). The van der Waals surface area contributed by atoms with E-state index in [1.54, 1.807) is 0 Å². The van der Waals surface area contributed by atoms with Crippen LogP contribution in [0.25, 0.3) is 0 Å². The minimum absolute atomic E-state index is 0.0926. The van der Waals surface area contributed by atoms with Gasteiger partial charge in [-0.15, -0.1) is 0 Å². The molecule has 0 saturated heterocycles. The van der Waals surface area contributed by atoms with Gasteiger partial charge in [-0.2, -0.15) is 0 Å². The molecule has 0 unspecified atom stereocenters. The lowest BCUT2D eigenvalue weighted by Gasteiger charge is -1.92. The second-order valence-corrected chi connectivity index (χ2v) is 2.40. The van der Waals surface area contributed by atoms with Gasteiger partial charge in [0.15, 0.2) is 0 Å². The quantitative estimate of drug-likeness (QED) is 0.403. The fraction of sp³-hybridized carbons (Fsp3) is 0.250. The molecule has 0 aliphatic heterocycles. The topological polar surface area (TPSA) is 67.0 Å². The number of nitrogens with one attached hydrogen (secondary N) is 1. The molecule has 0 amide bonds. The van der Waals surface area contributed by atoms with Gasteiger partial charge in [-0.1, -0.05) is 23.2 Å². The summed E-state index contributed by atoms with van der Waals surface area (Å²) in [5, 5.41) is 16.0. The van der Waals surface area contributed by atoms with Gasteiger partial charge in [-0.05, 0) is 6.92 Å². The van der Waals surface area contributed by atoms with E-state index in [4.69, 9.17) is 28.6 Å². The Morgan fingerprint density at radius 1 is 1.60 bits per heavy atom.